The van der Waals surface area contributed by atoms with Gasteiger partial charge in [-0.2, -0.15) is 0 Å². The molecule has 0 spiro atoms. The second-order valence-corrected chi connectivity index (χ2v) is 6.98. The van der Waals surface area contributed by atoms with Crippen LogP contribution in [0.15, 0.2) is 66.7 Å². The van der Waals surface area contributed by atoms with Crippen LogP contribution in [0.3, 0.4) is 0 Å². The molecule has 33 heavy (non-hydrogen) atoms. The molecule has 1 amide bonds. The lowest BCUT2D eigenvalue weighted by Gasteiger charge is -2.12. The number of hydrogen-bond acceptors (Lipinski definition) is 5. The van der Waals surface area contributed by atoms with Gasteiger partial charge in [-0.15, -0.1) is 0 Å². The Hall–Kier alpha value is -4.19. The SMILES string of the molecule is COc1ccccc1/C=C/C(=O)Nc1ccc(/C=C/c2cc(OC)c(OC)c(OC)c2)cc1. The van der Waals surface area contributed by atoms with Crippen LogP contribution < -0.4 is 24.3 Å². The number of amides is 1. The molecule has 3 aromatic rings. The number of methoxy groups -OCH3 is 4. The smallest absolute Gasteiger partial charge is 0.248 e. The van der Waals surface area contributed by atoms with Crippen molar-refractivity contribution in [1.82, 2.24) is 0 Å². The van der Waals surface area contributed by atoms with Gasteiger partial charge < -0.3 is 24.3 Å². The van der Waals surface area contributed by atoms with Crippen LogP contribution in [-0.4, -0.2) is 34.3 Å². The van der Waals surface area contributed by atoms with Crippen molar-refractivity contribution in [1.29, 1.82) is 0 Å². The molecule has 3 rings (SSSR count). The predicted octanol–water partition coefficient (Wildman–Crippen LogP) is 5.54. The Kier molecular flexibility index (Phi) is 8.13. The zero-order chi connectivity index (χ0) is 23.6. The summed E-state index contributed by atoms with van der Waals surface area (Å²) in [5.41, 5.74) is 3.42. The minimum Gasteiger partial charge on any atom is -0.496 e. The van der Waals surface area contributed by atoms with Gasteiger partial charge in [0.05, 0.1) is 28.4 Å². The first kappa shape index (κ1) is 23.5. The average molecular weight is 446 g/mol. The van der Waals surface area contributed by atoms with E-state index in [0.717, 1.165) is 16.7 Å². The van der Waals surface area contributed by atoms with Crippen molar-refractivity contribution >= 4 is 29.8 Å². The highest BCUT2D eigenvalue weighted by Crippen LogP contribution is 2.38. The molecule has 0 atom stereocenters. The molecule has 0 bridgehead atoms. The summed E-state index contributed by atoms with van der Waals surface area (Å²) in [6.07, 6.45) is 7.13. The van der Waals surface area contributed by atoms with Crippen LogP contribution in [0.1, 0.15) is 16.7 Å². The normalized spacial score (nSPS) is 10.9. The highest BCUT2D eigenvalue weighted by molar-refractivity contribution is 6.02. The lowest BCUT2D eigenvalue weighted by atomic mass is 10.1. The predicted molar refractivity (Wildman–Crippen MR) is 132 cm³/mol. The molecule has 0 aliphatic carbocycles. The summed E-state index contributed by atoms with van der Waals surface area (Å²) < 4.78 is 21.4. The van der Waals surface area contributed by atoms with E-state index in [1.807, 2.05) is 72.8 Å². The number of anilines is 1. The number of para-hydroxylation sites is 1. The summed E-state index contributed by atoms with van der Waals surface area (Å²) >= 11 is 0. The van der Waals surface area contributed by atoms with Crippen LogP contribution in [0.4, 0.5) is 5.69 Å². The lowest BCUT2D eigenvalue weighted by molar-refractivity contribution is -0.111. The molecule has 0 saturated heterocycles. The van der Waals surface area contributed by atoms with Gasteiger partial charge in [-0.25, -0.2) is 0 Å². The van der Waals surface area contributed by atoms with Crippen LogP contribution >= 0.6 is 0 Å². The van der Waals surface area contributed by atoms with Gasteiger partial charge in [0.2, 0.25) is 11.7 Å². The first-order chi connectivity index (χ1) is 16.1. The summed E-state index contributed by atoms with van der Waals surface area (Å²) in [7, 11) is 6.35. The van der Waals surface area contributed by atoms with E-state index in [4.69, 9.17) is 18.9 Å². The third kappa shape index (κ3) is 6.17. The summed E-state index contributed by atoms with van der Waals surface area (Å²) in [5.74, 6) is 2.23. The molecule has 0 radical (unpaired) electrons. The number of nitrogens with one attached hydrogen (secondary N) is 1. The molecule has 6 nitrogen and oxygen atoms in total. The standard InChI is InChI=1S/C27H27NO5/c1-30-23-8-6-5-7-21(23)13-16-26(29)28-22-14-11-19(12-15-22)9-10-20-17-24(31-2)27(33-4)25(18-20)32-3/h5-18H,1-4H3,(H,28,29)/b10-9+,16-13+. The van der Waals surface area contributed by atoms with Crippen molar-refractivity contribution in [2.45, 2.75) is 0 Å². The zero-order valence-electron chi connectivity index (χ0n) is 19.1. The Bertz CT molecular complexity index is 1120. The summed E-state index contributed by atoms with van der Waals surface area (Å²) in [5, 5.41) is 2.86. The van der Waals surface area contributed by atoms with Crippen molar-refractivity contribution in [2.75, 3.05) is 33.8 Å². The number of ether oxygens (including phenoxy) is 4. The summed E-state index contributed by atoms with van der Waals surface area (Å²) in [6, 6.07) is 18.8. The average Bonchev–Trinajstić information content (AvgIpc) is 2.86. The van der Waals surface area contributed by atoms with Crippen LogP contribution in [0.5, 0.6) is 23.0 Å². The van der Waals surface area contributed by atoms with Crippen molar-refractivity contribution < 1.29 is 23.7 Å². The van der Waals surface area contributed by atoms with E-state index in [9.17, 15) is 4.79 Å². The number of rotatable bonds is 9. The molecule has 0 fully saturated rings. The van der Waals surface area contributed by atoms with Gasteiger partial charge in [-0.05, 0) is 47.5 Å². The van der Waals surface area contributed by atoms with E-state index in [1.165, 1.54) is 6.08 Å². The van der Waals surface area contributed by atoms with Crippen molar-refractivity contribution in [3.8, 4) is 23.0 Å². The molecule has 0 unspecified atom stereocenters. The minimum absolute atomic E-state index is 0.221. The van der Waals surface area contributed by atoms with E-state index < -0.39 is 0 Å². The van der Waals surface area contributed by atoms with Gasteiger partial charge in [0.25, 0.3) is 0 Å². The maximum atomic E-state index is 12.3. The van der Waals surface area contributed by atoms with Crippen molar-refractivity contribution in [3.05, 3.63) is 83.4 Å². The molecule has 0 saturated carbocycles. The van der Waals surface area contributed by atoms with Crippen molar-refractivity contribution in [3.63, 3.8) is 0 Å². The minimum atomic E-state index is -0.221. The molecular weight excluding hydrogens is 418 g/mol. The Morgan fingerprint density at radius 2 is 1.30 bits per heavy atom. The number of carbonyl (C=O) groups is 1. The lowest BCUT2D eigenvalue weighted by Crippen LogP contribution is -2.07. The molecule has 3 aromatic carbocycles. The molecule has 6 heteroatoms. The van der Waals surface area contributed by atoms with Gasteiger partial charge in [0.1, 0.15) is 5.75 Å². The monoisotopic (exact) mass is 445 g/mol. The first-order valence-corrected chi connectivity index (χ1v) is 10.3. The van der Waals surface area contributed by atoms with E-state index in [1.54, 1.807) is 34.5 Å². The van der Waals surface area contributed by atoms with Crippen LogP contribution in [0, 0.1) is 0 Å². The molecule has 0 aliphatic heterocycles. The van der Waals surface area contributed by atoms with E-state index in [0.29, 0.717) is 28.7 Å². The maximum absolute atomic E-state index is 12.3. The van der Waals surface area contributed by atoms with Gasteiger partial charge >= 0.3 is 0 Å². The van der Waals surface area contributed by atoms with Crippen LogP contribution in [0.25, 0.3) is 18.2 Å². The third-order valence-corrected chi connectivity index (χ3v) is 4.89. The number of hydrogen-bond donors (Lipinski definition) is 1. The molecule has 1 N–H and O–H groups in total. The quantitative estimate of drug-likeness (QED) is 0.346. The second-order valence-electron chi connectivity index (χ2n) is 6.98. The Labute approximate surface area is 194 Å². The topological polar surface area (TPSA) is 66.0 Å². The molecule has 0 aromatic heterocycles. The van der Waals surface area contributed by atoms with Gasteiger partial charge in [-0.3, -0.25) is 4.79 Å². The summed E-state index contributed by atoms with van der Waals surface area (Å²) in [6.45, 7) is 0. The van der Waals surface area contributed by atoms with Crippen molar-refractivity contribution in [2.24, 2.45) is 0 Å². The van der Waals surface area contributed by atoms with Gasteiger partial charge in [0, 0.05) is 17.3 Å². The second kappa shape index (κ2) is 11.4. The molecular formula is C27H27NO5. The zero-order valence-corrected chi connectivity index (χ0v) is 19.1. The Morgan fingerprint density at radius 3 is 1.91 bits per heavy atom. The van der Waals surface area contributed by atoms with E-state index in [-0.39, 0.29) is 5.91 Å². The van der Waals surface area contributed by atoms with Crippen LogP contribution in [-0.2, 0) is 4.79 Å². The highest BCUT2D eigenvalue weighted by Gasteiger charge is 2.12. The fourth-order valence-corrected chi connectivity index (χ4v) is 3.22. The Morgan fingerprint density at radius 1 is 0.697 bits per heavy atom. The van der Waals surface area contributed by atoms with Gasteiger partial charge in [-0.1, -0.05) is 42.5 Å². The summed E-state index contributed by atoms with van der Waals surface area (Å²) in [4.78, 5) is 12.3. The van der Waals surface area contributed by atoms with E-state index >= 15 is 0 Å². The third-order valence-electron chi connectivity index (χ3n) is 4.89. The Balaban J connectivity index is 1.66. The largest absolute Gasteiger partial charge is 0.496 e. The molecule has 0 heterocycles. The van der Waals surface area contributed by atoms with Gasteiger partial charge in [0.15, 0.2) is 11.5 Å². The number of carbonyl (C=O) groups excluding carboxylic acids is 1. The fourth-order valence-electron chi connectivity index (χ4n) is 3.22. The fraction of sp³-hybridized carbons (Fsp3) is 0.148. The number of benzene rings is 3. The highest BCUT2D eigenvalue weighted by atomic mass is 16.5. The molecule has 170 valence electrons. The van der Waals surface area contributed by atoms with Crippen LogP contribution in [0.2, 0.25) is 0 Å². The van der Waals surface area contributed by atoms with E-state index in [2.05, 4.69) is 5.32 Å². The molecule has 0 aliphatic rings. The first-order valence-electron chi connectivity index (χ1n) is 10.3. The maximum Gasteiger partial charge on any atom is 0.248 e.